The van der Waals surface area contributed by atoms with Gasteiger partial charge in [0, 0.05) is 23.1 Å². The molecule has 0 unspecified atom stereocenters. The zero-order valence-corrected chi connectivity index (χ0v) is 16.1. The molecule has 0 radical (unpaired) electrons. The van der Waals surface area contributed by atoms with E-state index in [4.69, 9.17) is 11.6 Å². The van der Waals surface area contributed by atoms with Crippen LogP contribution < -0.4 is 17.0 Å². The van der Waals surface area contributed by atoms with E-state index in [-0.39, 0.29) is 12.4 Å². The maximum atomic E-state index is 13.2. The molecule has 2 heterocycles. The van der Waals surface area contributed by atoms with Gasteiger partial charge >= 0.3 is 6.18 Å². The fourth-order valence-electron chi connectivity index (χ4n) is 3.79. The lowest BCUT2D eigenvalue weighted by atomic mass is 10.1. The highest BCUT2D eigenvalue weighted by molar-refractivity contribution is 6.31. The van der Waals surface area contributed by atoms with Gasteiger partial charge in [0.15, 0.2) is 11.0 Å². The van der Waals surface area contributed by atoms with Crippen LogP contribution in [-0.4, -0.2) is 4.57 Å². The molecule has 3 aromatic rings. The lowest BCUT2D eigenvalue weighted by molar-refractivity contribution is -0.678. The van der Waals surface area contributed by atoms with Crippen LogP contribution in [-0.2, 0) is 25.7 Å². The molecule has 27 heavy (non-hydrogen) atoms. The summed E-state index contributed by atoms with van der Waals surface area (Å²) in [4.78, 5) is 0. The van der Waals surface area contributed by atoms with Crippen molar-refractivity contribution >= 4 is 22.6 Å². The summed E-state index contributed by atoms with van der Waals surface area (Å²) in [6.07, 6.45) is -0.263. The third kappa shape index (κ3) is 3.81. The smallest absolute Gasteiger partial charge is 0.416 e. The molecule has 0 saturated carbocycles. The van der Waals surface area contributed by atoms with Crippen molar-refractivity contribution in [2.24, 2.45) is 0 Å². The first-order chi connectivity index (χ1) is 12.4. The highest BCUT2D eigenvalue weighted by atomic mass is 35.5. The van der Waals surface area contributed by atoms with E-state index < -0.39 is 11.7 Å². The van der Waals surface area contributed by atoms with E-state index in [1.54, 1.807) is 6.07 Å². The van der Waals surface area contributed by atoms with Gasteiger partial charge in [-0.05, 0) is 37.5 Å². The molecule has 0 amide bonds. The molecule has 0 fully saturated rings. The highest BCUT2D eigenvalue weighted by Gasteiger charge is 2.34. The van der Waals surface area contributed by atoms with Crippen LogP contribution in [0.3, 0.4) is 0 Å². The van der Waals surface area contributed by atoms with E-state index >= 15 is 0 Å². The van der Waals surface area contributed by atoms with Crippen LogP contribution in [0.2, 0.25) is 5.02 Å². The Bertz CT molecular complexity index is 964. The van der Waals surface area contributed by atoms with Gasteiger partial charge in [-0.25, -0.2) is 9.13 Å². The number of hydrogen-bond acceptors (Lipinski definition) is 0. The number of alkyl halides is 3. The minimum absolute atomic E-state index is 0. The number of benzene rings is 2. The summed E-state index contributed by atoms with van der Waals surface area (Å²) in [5, 5.41) is 0.633. The molecule has 2 nitrogen and oxygen atoms in total. The van der Waals surface area contributed by atoms with E-state index in [0.717, 1.165) is 49.1 Å². The molecule has 0 bridgehead atoms. The quantitative estimate of drug-likeness (QED) is 0.569. The molecule has 0 aliphatic carbocycles. The van der Waals surface area contributed by atoms with Gasteiger partial charge in [0.25, 0.3) is 5.82 Å². The lowest BCUT2D eigenvalue weighted by Gasteiger charge is -2.07. The topological polar surface area (TPSA) is 8.81 Å². The van der Waals surface area contributed by atoms with Crippen LogP contribution in [0.1, 0.15) is 36.2 Å². The van der Waals surface area contributed by atoms with Gasteiger partial charge in [0.1, 0.15) is 6.54 Å². The van der Waals surface area contributed by atoms with Crippen LogP contribution in [0, 0.1) is 0 Å². The zero-order chi connectivity index (χ0) is 18.3. The molecule has 144 valence electrons. The predicted octanol–water partition coefficient (Wildman–Crippen LogP) is 2.38. The SMILES string of the molecule is FC(F)(F)c1ccc2c(c1)n(Cc1ccccc1Cl)c1[n+]2CCCCC1.[Cl-]. The van der Waals surface area contributed by atoms with Crippen molar-refractivity contribution in [2.75, 3.05) is 0 Å². The van der Waals surface area contributed by atoms with Crippen molar-refractivity contribution < 1.29 is 30.1 Å². The van der Waals surface area contributed by atoms with E-state index in [2.05, 4.69) is 4.57 Å². The molecule has 1 aliphatic heterocycles. The lowest BCUT2D eigenvalue weighted by Crippen LogP contribution is -3.00. The second-order valence-electron chi connectivity index (χ2n) is 6.76. The average Bonchev–Trinajstić information content (AvgIpc) is 2.75. The summed E-state index contributed by atoms with van der Waals surface area (Å²) >= 11 is 6.31. The van der Waals surface area contributed by atoms with Crippen molar-refractivity contribution in [2.45, 2.75) is 44.9 Å². The van der Waals surface area contributed by atoms with Crippen LogP contribution in [0.4, 0.5) is 13.2 Å². The van der Waals surface area contributed by atoms with Crippen molar-refractivity contribution in [3.8, 4) is 0 Å². The van der Waals surface area contributed by atoms with Gasteiger partial charge in [-0.15, -0.1) is 0 Å². The maximum absolute atomic E-state index is 13.2. The number of imidazole rings is 1. The molecule has 2 aromatic carbocycles. The van der Waals surface area contributed by atoms with E-state index in [9.17, 15) is 13.2 Å². The Balaban J connectivity index is 0.00000210. The van der Waals surface area contributed by atoms with E-state index in [0.29, 0.717) is 17.1 Å². The van der Waals surface area contributed by atoms with Crippen LogP contribution in [0.5, 0.6) is 0 Å². The number of fused-ring (bicyclic) bond motifs is 3. The molecule has 0 saturated heterocycles. The second kappa shape index (κ2) is 7.72. The van der Waals surface area contributed by atoms with Gasteiger partial charge < -0.3 is 12.4 Å². The predicted molar refractivity (Wildman–Crippen MR) is 95.2 cm³/mol. The molecule has 0 N–H and O–H groups in total. The van der Waals surface area contributed by atoms with Gasteiger partial charge in [0.05, 0.1) is 12.1 Å². The van der Waals surface area contributed by atoms with E-state index in [1.807, 2.05) is 28.8 Å². The molecular formula is C20H19Cl2F3N2. The second-order valence-corrected chi connectivity index (χ2v) is 7.16. The van der Waals surface area contributed by atoms with Crippen molar-refractivity contribution in [3.63, 3.8) is 0 Å². The zero-order valence-electron chi connectivity index (χ0n) is 14.6. The van der Waals surface area contributed by atoms with Crippen LogP contribution >= 0.6 is 11.6 Å². The van der Waals surface area contributed by atoms with Crippen LogP contribution in [0.25, 0.3) is 11.0 Å². The molecule has 1 aromatic heterocycles. The third-order valence-electron chi connectivity index (χ3n) is 5.08. The maximum Gasteiger partial charge on any atom is 0.416 e. The normalized spacial score (nSPS) is 14.5. The first-order valence-electron chi connectivity index (χ1n) is 8.81. The van der Waals surface area contributed by atoms with Gasteiger partial charge in [-0.3, -0.25) is 0 Å². The van der Waals surface area contributed by atoms with Gasteiger partial charge in [-0.2, -0.15) is 13.2 Å². The summed E-state index contributed by atoms with van der Waals surface area (Å²) < 4.78 is 43.9. The minimum Gasteiger partial charge on any atom is -1.00 e. The fourth-order valence-corrected chi connectivity index (χ4v) is 3.99. The number of nitrogens with zero attached hydrogens (tertiary/aromatic N) is 2. The molecule has 7 heteroatoms. The van der Waals surface area contributed by atoms with Crippen LogP contribution in [0.15, 0.2) is 42.5 Å². The Kier molecular flexibility index (Phi) is 5.73. The molecule has 4 rings (SSSR count). The number of aryl methyl sites for hydroxylation is 1. The Morgan fingerprint density at radius 2 is 1.81 bits per heavy atom. The Labute approximate surface area is 167 Å². The summed E-state index contributed by atoms with van der Waals surface area (Å²) in [5.41, 5.74) is 1.79. The first-order valence-corrected chi connectivity index (χ1v) is 9.18. The van der Waals surface area contributed by atoms with Crippen molar-refractivity contribution in [1.82, 2.24) is 4.57 Å². The fraction of sp³-hybridized carbons (Fsp3) is 0.350. The van der Waals surface area contributed by atoms with Gasteiger partial charge in [0.2, 0.25) is 0 Å². The van der Waals surface area contributed by atoms with Crippen molar-refractivity contribution in [1.29, 1.82) is 0 Å². The summed E-state index contributed by atoms with van der Waals surface area (Å²) in [6.45, 7) is 1.31. The highest BCUT2D eigenvalue weighted by Crippen LogP contribution is 2.32. The largest absolute Gasteiger partial charge is 1.00 e. The minimum atomic E-state index is -4.35. The number of hydrogen-bond donors (Lipinski definition) is 0. The van der Waals surface area contributed by atoms with Crippen molar-refractivity contribution in [3.05, 3.63) is 64.4 Å². The summed E-state index contributed by atoms with van der Waals surface area (Å²) in [5.74, 6) is 1.08. The molecular weight excluding hydrogens is 396 g/mol. The standard InChI is InChI=1S/C20H19ClF3N2.ClH/c21-16-7-4-3-6-14(16)13-26-18-12-15(20(22,23)24)9-10-17(18)25-11-5-1-2-8-19(25)26;/h3-4,6-7,9-10,12H,1-2,5,8,11,13H2;1H/q+1;/p-1. The van der Waals surface area contributed by atoms with E-state index in [1.165, 1.54) is 12.1 Å². The molecule has 0 atom stereocenters. The molecule has 1 aliphatic rings. The number of halogens is 5. The number of rotatable bonds is 2. The molecule has 0 spiro atoms. The Hall–Kier alpha value is -1.72. The third-order valence-corrected chi connectivity index (χ3v) is 5.44. The first kappa shape index (κ1) is 20.0. The average molecular weight is 415 g/mol. The van der Waals surface area contributed by atoms with Gasteiger partial charge in [-0.1, -0.05) is 29.8 Å². The Morgan fingerprint density at radius 1 is 1.04 bits per heavy atom. The summed E-state index contributed by atoms with van der Waals surface area (Å²) in [6, 6.07) is 11.6. The Morgan fingerprint density at radius 3 is 2.56 bits per heavy atom. The number of aromatic nitrogens is 2. The monoisotopic (exact) mass is 414 g/mol. The summed E-state index contributed by atoms with van der Waals surface area (Å²) in [7, 11) is 0.